The van der Waals surface area contributed by atoms with Crippen LogP contribution in [0.5, 0.6) is 0 Å². The molecule has 0 saturated heterocycles. The van der Waals surface area contributed by atoms with Crippen molar-refractivity contribution in [1.82, 2.24) is 20.1 Å². The third-order valence-electron chi connectivity index (χ3n) is 5.69. The number of aromatic nitrogens is 3. The normalized spacial score (nSPS) is 12.0. The van der Waals surface area contributed by atoms with Crippen LogP contribution < -0.4 is 10.6 Å². The molecule has 0 spiro atoms. The van der Waals surface area contributed by atoms with Crippen LogP contribution in [0, 0.1) is 33.6 Å². The Labute approximate surface area is 205 Å². The highest BCUT2D eigenvalue weighted by molar-refractivity contribution is 7.99. The van der Waals surface area contributed by atoms with Gasteiger partial charge in [0.25, 0.3) is 5.91 Å². The monoisotopic (exact) mass is 479 g/mol. The van der Waals surface area contributed by atoms with E-state index < -0.39 is 0 Å². The molecule has 3 aromatic rings. The fourth-order valence-electron chi connectivity index (χ4n) is 3.86. The summed E-state index contributed by atoms with van der Waals surface area (Å²) in [7, 11) is 1.86. The van der Waals surface area contributed by atoms with Gasteiger partial charge in [-0.3, -0.25) is 9.59 Å². The molecular formula is C26H33N5O2S. The van der Waals surface area contributed by atoms with Gasteiger partial charge in [-0.15, -0.1) is 10.2 Å². The van der Waals surface area contributed by atoms with Gasteiger partial charge in [0, 0.05) is 18.3 Å². The van der Waals surface area contributed by atoms with Gasteiger partial charge in [0.1, 0.15) is 0 Å². The molecule has 1 heterocycles. The zero-order valence-corrected chi connectivity index (χ0v) is 21.7. The largest absolute Gasteiger partial charge is 0.342 e. The molecule has 180 valence electrons. The first kappa shape index (κ1) is 25.5. The van der Waals surface area contributed by atoms with Crippen molar-refractivity contribution in [3.63, 3.8) is 0 Å². The predicted octanol–water partition coefficient (Wildman–Crippen LogP) is 4.91. The van der Waals surface area contributed by atoms with Crippen molar-refractivity contribution in [1.29, 1.82) is 0 Å². The second-order valence-corrected chi connectivity index (χ2v) is 10.0. The maximum Gasteiger partial charge on any atom is 0.251 e. The summed E-state index contributed by atoms with van der Waals surface area (Å²) in [6.45, 7) is 12.1. The number of anilines is 1. The number of benzene rings is 2. The lowest BCUT2D eigenvalue weighted by Gasteiger charge is -2.21. The molecule has 0 aliphatic carbocycles. The first-order chi connectivity index (χ1) is 16.1. The molecular weight excluding hydrogens is 446 g/mol. The Kier molecular flexibility index (Phi) is 8.15. The van der Waals surface area contributed by atoms with Crippen LogP contribution in [0.3, 0.4) is 0 Å². The smallest absolute Gasteiger partial charge is 0.251 e. The van der Waals surface area contributed by atoms with Crippen molar-refractivity contribution in [2.24, 2.45) is 13.0 Å². The number of hydrogen-bond donors (Lipinski definition) is 2. The maximum atomic E-state index is 12.8. The summed E-state index contributed by atoms with van der Waals surface area (Å²) in [5.74, 6) is 0.715. The quantitative estimate of drug-likeness (QED) is 0.448. The molecule has 0 aliphatic heterocycles. The third kappa shape index (κ3) is 6.05. The summed E-state index contributed by atoms with van der Waals surface area (Å²) in [6.07, 6.45) is 0. The van der Waals surface area contributed by atoms with Crippen molar-refractivity contribution in [3.8, 4) is 0 Å². The second-order valence-electron chi connectivity index (χ2n) is 9.07. The summed E-state index contributed by atoms with van der Waals surface area (Å²) >= 11 is 1.32. The molecule has 1 aromatic heterocycles. The van der Waals surface area contributed by atoms with Crippen molar-refractivity contribution in [3.05, 3.63) is 70.0 Å². The number of thioether (sulfide) groups is 1. The van der Waals surface area contributed by atoms with Gasteiger partial charge in [-0.2, -0.15) is 0 Å². The fourth-order valence-corrected chi connectivity index (χ4v) is 4.58. The summed E-state index contributed by atoms with van der Waals surface area (Å²) < 4.78 is 1.85. The van der Waals surface area contributed by atoms with Crippen LogP contribution in [0.15, 0.2) is 41.6 Å². The van der Waals surface area contributed by atoms with E-state index in [1.54, 1.807) is 0 Å². The zero-order valence-electron chi connectivity index (χ0n) is 20.9. The first-order valence-corrected chi connectivity index (χ1v) is 12.3. The Balaban J connectivity index is 1.68. The fraction of sp³-hybridized carbons (Fsp3) is 0.385. The van der Waals surface area contributed by atoms with Crippen molar-refractivity contribution in [2.45, 2.75) is 52.7 Å². The number of carbonyl (C=O) groups excluding carboxylic acids is 2. The average molecular weight is 480 g/mol. The van der Waals surface area contributed by atoms with Gasteiger partial charge in [0.05, 0.1) is 11.8 Å². The van der Waals surface area contributed by atoms with Crippen molar-refractivity contribution < 1.29 is 9.59 Å². The highest BCUT2D eigenvalue weighted by Gasteiger charge is 2.25. The van der Waals surface area contributed by atoms with Gasteiger partial charge in [0.2, 0.25) is 5.91 Å². The van der Waals surface area contributed by atoms with Crippen LogP contribution >= 0.6 is 11.8 Å². The molecule has 2 N–H and O–H groups in total. The van der Waals surface area contributed by atoms with E-state index in [-0.39, 0.29) is 29.5 Å². The molecule has 2 amide bonds. The lowest BCUT2D eigenvalue weighted by Crippen LogP contribution is -2.33. The van der Waals surface area contributed by atoms with E-state index in [4.69, 9.17) is 0 Å². The zero-order chi connectivity index (χ0) is 25.0. The minimum atomic E-state index is -0.313. The van der Waals surface area contributed by atoms with Gasteiger partial charge >= 0.3 is 0 Å². The maximum absolute atomic E-state index is 12.8. The minimum Gasteiger partial charge on any atom is -0.342 e. The van der Waals surface area contributed by atoms with Crippen molar-refractivity contribution in [2.75, 3.05) is 11.1 Å². The van der Waals surface area contributed by atoms with Gasteiger partial charge in [-0.05, 0) is 56.9 Å². The molecule has 0 fully saturated rings. The molecule has 3 rings (SSSR count). The molecule has 0 radical (unpaired) electrons. The van der Waals surface area contributed by atoms with Gasteiger partial charge in [-0.1, -0.05) is 61.0 Å². The number of rotatable bonds is 8. The number of hydrogen-bond acceptors (Lipinski definition) is 5. The van der Waals surface area contributed by atoms with E-state index in [0.717, 1.165) is 22.4 Å². The molecule has 0 unspecified atom stereocenters. The third-order valence-corrected chi connectivity index (χ3v) is 6.71. The topological polar surface area (TPSA) is 88.9 Å². The lowest BCUT2D eigenvalue weighted by atomic mass is 10.0. The Morgan fingerprint density at radius 3 is 2.18 bits per heavy atom. The first-order valence-electron chi connectivity index (χ1n) is 11.3. The summed E-state index contributed by atoms with van der Waals surface area (Å²) in [4.78, 5) is 25.4. The SMILES string of the molecule is Cc1ccc(C(=O)N[C@H](c2nnc(SCC(=O)Nc3c(C)cc(C)cc3C)n2C)C(C)C)cc1. The summed E-state index contributed by atoms with van der Waals surface area (Å²) in [6, 6.07) is 11.3. The van der Waals surface area contributed by atoms with Crippen LogP contribution in [0.1, 0.15) is 58.3 Å². The van der Waals surface area contributed by atoms with Crippen LogP contribution in [0.2, 0.25) is 0 Å². The Morgan fingerprint density at radius 1 is 0.971 bits per heavy atom. The van der Waals surface area contributed by atoms with Gasteiger partial charge in [0.15, 0.2) is 11.0 Å². The molecule has 34 heavy (non-hydrogen) atoms. The van der Waals surface area contributed by atoms with Gasteiger partial charge < -0.3 is 15.2 Å². The number of nitrogens with one attached hydrogen (secondary N) is 2. The lowest BCUT2D eigenvalue weighted by molar-refractivity contribution is -0.113. The van der Waals surface area contributed by atoms with Crippen LogP contribution in [0.25, 0.3) is 0 Å². The number of aryl methyl sites for hydroxylation is 4. The van der Waals surface area contributed by atoms with Gasteiger partial charge in [-0.25, -0.2) is 0 Å². The van der Waals surface area contributed by atoms with E-state index in [2.05, 4.69) is 33.0 Å². The second kappa shape index (κ2) is 10.9. The molecule has 2 aromatic carbocycles. The highest BCUT2D eigenvalue weighted by atomic mass is 32.2. The molecule has 8 heteroatoms. The number of nitrogens with zero attached hydrogens (tertiary/aromatic N) is 3. The molecule has 0 saturated carbocycles. The molecule has 1 atom stereocenters. The predicted molar refractivity (Wildman–Crippen MR) is 137 cm³/mol. The molecule has 7 nitrogen and oxygen atoms in total. The number of carbonyl (C=O) groups is 2. The van der Waals surface area contributed by atoms with Crippen LogP contribution in [0.4, 0.5) is 5.69 Å². The number of amides is 2. The van der Waals surface area contributed by atoms with Crippen molar-refractivity contribution >= 4 is 29.3 Å². The standard InChI is InChI=1S/C26H33N5O2S/c1-15(2)22(28-25(33)20-10-8-16(3)9-11-20)24-29-30-26(31(24)7)34-14-21(32)27-23-18(5)12-17(4)13-19(23)6/h8-13,15,22H,14H2,1-7H3,(H,27,32)(H,28,33)/t22-/m0/s1. The van der Waals surface area contributed by atoms with E-state index >= 15 is 0 Å². The molecule has 0 aliphatic rings. The minimum absolute atomic E-state index is 0.0994. The summed E-state index contributed by atoms with van der Waals surface area (Å²) in [5, 5.41) is 15.4. The summed E-state index contributed by atoms with van der Waals surface area (Å²) in [5.41, 5.74) is 5.81. The van der Waals surface area contributed by atoms with Crippen LogP contribution in [-0.4, -0.2) is 32.3 Å². The van der Waals surface area contributed by atoms with E-state index in [1.165, 1.54) is 17.3 Å². The Morgan fingerprint density at radius 2 is 1.59 bits per heavy atom. The van der Waals surface area contributed by atoms with Crippen LogP contribution in [-0.2, 0) is 11.8 Å². The Bertz CT molecular complexity index is 1160. The van der Waals surface area contributed by atoms with E-state index in [9.17, 15) is 9.59 Å². The Hall–Kier alpha value is -3.13. The van der Waals surface area contributed by atoms with E-state index in [0.29, 0.717) is 16.5 Å². The average Bonchev–Trinajstić information content (AvgIpc) is 3.13. The molecule has 0 bridgehead atoms. The highest BCUT2D eigenvalue weighted by Crippen LogP contribution is 2.26. The van der Waals surface area contributed by atoms with E-state index in [1.807, 2.05) is 77.4 Å².